The summed E-state index contributed by atoms with van der Waals surface area (Å²) in [4.78, 5) is 19.3. The number of likely N-dealkylation sites (N-methyl/N-ethyl adjacent to an activating group) is 1. The number of aromatic nitrogens is 1. The minimum atomic E-state index is -0.343. The lowest BCUT2D eigenvalue weighted by Crippen LogP contribution is -2.18. The second-order valence-electron chi connectivity index (χ2n) is 10.5. The molecule has 5 rings (SSSR count). The molecule has 9 nitrogen and oxygen atoms in total. The van der Waals surface area contributed by atoms with Crippen LogP contribution in [0.2, 0.25) is 5.02 Å². The van der Waals surface area contributed by atoms with E-state index in [-0.39, 0.29) is 24.4 Å². The molecule has 3 aromatic carbocycles. The van der Waals surface area contributed by atoms with Gasteiger partial charge in [-0.15, -0.1) is 0 Å². The molecule has 1 aliphatic rings. The Morgan fingerprint density at radius 1 is 1.23 bits per heavy atom. The van der Waals surface area contributed by atoms with E-state index in [4.69, 9.17) is 25.8 Å². The van der Waals surface area contributed by atoms with E-state index >= 15 is 0 Å². The lowest BCUT2D eigenvalue weighted by atomic mass is 10.1. The van der Waals surface area contributed by atoms with Gasteiger partial charge in [0.05, 0.1) is 40.7 Å². The number of ether oxygens (including phenoxy) is 3. The number of benzene rings is 3. The van der Waals surface area contributed by atoms with Gasteiger partial charge in [0.25, 0.3) is 0 Å². The molecule has 44 heavy (non-hydrogen) atoms. The summed E-state index contributed by atoms with van der Waals surface area (Å²) in [6.07, 6.45) is 5.28. The van der Waals surface area contributed by atoms with Crippen molar-refractivity contribution in [1.29, 1.82) is 5.26 Å². The molecule has 1 fully saturated rings. The lowest BCUT2D eigenvalue weighted by Gasteiger charge is -2.19. The predicted molar refractivity (Wildman–Crippen MR) is 168 cm³/mol. The van der Waals surface area contributed by atoms with Crippen LogP contribution in [0.3, 0.4) is 0 Å². The first-order chi connectivity index (χ1) is 21.3. The number of nitrogens with one attached hydrogen (secondary N) is 2. The zero-order chi connectivity index (χ0) is 31.1. The van der Waals surface area contributed by atoms with Crippen LogP contribution in [-0.4, -0.2) is 55.7 Å². The highest BCUT2D eigenvalue weighted by molar-refractivity contribution is 6.32. The van der Waals surface area contributed by atoms with E-state index in [0.29, 0.717) is 75.4 Å². The molecule has 0 aliphatic carbocycles. The number of pyridine rings is 1. The number of carbonyl (C=O) groups excluding carboxylic acids is 1. The number of hydrogen-bond acceptors (Lipinski definition) is 8. The van der Waals surface area contributed by atoms with Crippen molar-refractivity contribution in [2.24, 2.45) is 0 Å². The Kier molecular flexibility index (Phi) is 9.92. The second-order valence-corrected chi connectivity index (χ2v) is 10.9. The number of nitrogens with zero attached hydrogens (tertiary/aromatic N) is 3. The maximum atomic E-state index is 13.5. The molecule has 1 saturated heterocycles. The molecular formula is C33H31ClFN5O4. The zero-order valence-corrected chi connectivity index (χ0v) is 25.0. The van der Waals surface area contributed by atoms with Crippen molar-refractivity contribution in [2.75, 3.05) is 44.5 Å². The number of rotatable bonds is 11. The second kappa shape index (κ2) is 14.2. The maximum Gasteiger partial charge on any atom is 0.248 e. The van der Waals surface area contributed by atoms with Crippen molar-refractivity contribution < 1.29 is 23.4 Å². The molecule has 0 saturated carbocycles. The van der Waals surface area contributed by atoms with E-state index in [9.17, 15) is 14.4 Å². The van der Waals surface area contributed by atoms with Crippen LogP contribution in [0.4, 0.5) is 21.5 Å². The van der Waals surface area contributed by atoms with Gasteiger partial charge in [-0.2, -0.15) is 5.26 Å². The predicted octanol–water partition coefficient (Wildman–Crippen LogP) is 6.45. The van der Waals surface area contributed by atoms with Crippen molar-refractivity contribution in [3.63, 3.8) is 0 Å². The topological polar surface area (TPSA) is 109 Å². The minimum Gasteiger partial charge on any atom is -0.487 e. The van der Waals surface area contributed by atoms with Gasteiger partial charge in [-0.3, -0.25) is 9.78 Å². The molecule has 0 spiro atoms. The number of amides is 1. The van der Waals surface area contributed by atoms with Crippen LogP contribution in [0.1, 0.15) is 17.5 Å². The Morgan fingerprint density at radius 2 is 2.09 bits per heavy atom. The summed E-state index contributed by atoms with van der Waals surface area (Å²) in [5.41, 5.74) is 3.03. The zero-order valence-electron chi connectivity index (χ0n) is 24.3. The van der Waals surface area contributed by atoms with Crippen LogP contribution in [-0.2, 0) is 16.1 Å². The van der Waals surface area contributed by atoms with E-state index in [1.54, 1.807) is 48.5 Å². The quantitative estimate of drug-likeness (QED) is 0.185. The average molecular weight is 616 g/mol. The number of hydrogen-bond donors (Lipinski definition) is 2. The molecule has 1 atom stereocenters. The first kappa shape index (κ1) is 30.8. The number of nitriles is 1. The Hall–Kier alpha value is -4.69. The maximum absolute atomic E-state index is 13.5. The average Bonchev–Trinajstić information content (AvgIpc) is 3.50. The molecule has 2 heterocycles. The third-order valence-corrected chi connectivity index (χ3v) is 7.05. The number of carbonyl (C=O) groups is 1. The Morgan fingerprint density at radius 3 is 2.82 bits per heavy atom. The van der Waals surface area contributed by atoms with E-state index in [0.717, 1.165) is 6.42 Å². The van der Waals surface area contributed by atoms with Crippen molar-refractivity contribution >= 4 is 45.5 Å². The van der Waals surface area contributed by atoms with Crippen LogP contribution in [0.25, 0.3) is 10.9 Å². The molecule has 1 aliphatic heterocycles. The van der Waals surface area contributed by atoms with Gasteiger partial charge in [0.1, 0.15) is 36.1 Å². The largest absolute Gasteiger partial charge is 0.487 e. The molecule has 1 aromatic heterocycles. The molecule has 226 valence electrons. The molecule has 0 unspecified atom stereocenters. The molecule has 4 aromatic rings. The van der Waals surface area contributed by atoms with Crippen LogP contribution < -0.4 is 20.1 Å². The van der Waals surface area contributed by atoms with E-state index in [1.807, 2.05) is 19.0 Å². The molecule has 1 amide bonds. The molecular weight excluding hydrogens is 585 g/mol. The smallest absolute Gasteiger partial charge is 0.248 e. The van der Waals surface area contributed by atoms with Crippen LogP contribution in [0.15, 0.2) is 72.9 Å². The van der Waals surface area contributed by atoms with Gasteiger partial charge in [-0.25, -0.2) is 4.39 Å². The summed E-state index contributed by atoms with van der Waals surface area (Å²) in [7, 11) is 3.83. The van der Waals surface area contributed by atoms with Gasteiger partial charge in [0.15, 0.2) is 0 Å². The Balaban J connectivity index is 1.45. The number of halogens is 2. The van der Waals surface area contributed by atoms with Gasteiger partial charge >= 0.3 is 0 Å². The fraction of sp³-hybridized carbons (Fsp3) is 0.242. The Labute approximate surface area is 259 Å². The van der Waals surface area contributed by atoms with Crippen LogP contribution in [0, 0.1) is 17.1 Å². The fourth-order valence-electron chi connectivity index (χ4n) is 4.59. The van der Waals surface area contributed by atoms with E-state index < -0.39 is 0 Å². The van der Waals surface area contributed by atoms with Gasteiger partial charge in [-0.05, 0) is 56.1 Å². The van der Waals surface area contributed by atoms with E-state index in [1.165, 1.54) is 24.4 Å². The van der Waals surface area contributed by atoms with Gasteiger partial charge < -0.3 is 29.7 Å². The molecule has 11 heteroatoms. The number of anilines is 3. The summed E-state index contributed by atoms with van der Waals surface area (Å²) >= 11 is 6.53. The highest BCUT2D eigenvalue weighted by atomic mass is 35.5. The normalized spacial score (nSPS) is 14.6. The van der Waals surface area contributed by atoms with Crippen LogP contribution >= 0.6 is 11.6 Å². The molecule has 0 radical (unpaired) electrons. The van der Waals surface area contributed by atoms with Gasteiger partial charge in [0, 0.05) is 42.4 Å². The van der Waals surface area contributed by atoms with Gasteiger partial charge in [0.2, 0.25) is 5.91 Å². The summed E-state index contributed by atoms with van der Waals surface area (Å²) < 4.78 is 31.0. The summed E-state index contributed by atoms with van der Waals surface area (Å²) in [5, 5.41) is 17.1. The summed E-state index contributed by atoms with van der Waals surface area (Å²) in [5.74, 6) is 0.211. The van der Waals surface area contributed by atoms with Crippen molar-refractivity contribution in [2.45, 2.75) is 19.1 Å². The van der Waals surface area contributed by atoms with Crippen molar-refractivity contribution in [3.8, 4) is 17.6 Å². The fourth-order valence-corrected chi connectivity index (χ4v) is 4.83. The summed E-state index contributed by atoms with van der Waals surface area (Å²) in [6, 6.07) is 16.9. The van der Waals surface area contributed by atoms with E-state index in [2.05, 4.69) is 21.7 Å². The standard InChI is InChI=1S/C33H31ClFN5O4/c1-40(2)11-4-7-32(41)39-29-15-26-28(16-31(29)44-25-10-12-42-20-25)37-18-22(17-36)33(26)38-24-8-9-30(27(34)14-24)43-19-21-5-3-6-23(35)13-21/h3-9,13-16,18,25H,10-12,19-20H2,1-2H3,(H,37,38)(H,39,41)/t25-/m0/s1. The SMILES string of the molecule is CN(C)CC=CC(=O)Nc1cc2c(Nc3ccc(OCc4cccc(F)c4)c(Cl)c3)c(C#N)cnc2cc1O[C@H]1CCOC1. The third-order valence-electron chi connectivity index (χ3n) is 6.75. The van der Waals surface area contributed by atoms with Gasteiger partial charge in [-0.1, -0.05) is 29.8 Å². The third kappa shape index (κ3) is 7.82. The molecule has 0 bridgehead atoms. The van der Waals surface area contributed by atoms with Crippen molar-refractivity contribution in [1.82, 2.24) is 9.88 Å². The Bertz CT molecular complexity index is 1730. The number of fused-ring (bicyclic) bond motifs is 1. The first-order valence-corrected chi connectivity index (χ1v) is 14.3. The minimum absolute atomic E-state index is 0.147. The van der Waals surface area contributed by atoms with Crippen LogP contribution in [0.5, 0.6) is 11.5 Å². The molecule has 2 N–H and O–H groups in total. The highest BCUT2D eigenvalue weighted by Crippen LogP contribution is 2.38. The monoisotopic (exact) mass is 615 g/mol. The van der Waals surface area contributed by atoms with Crippen molar-refractivity contribution in [3.05, 3.63) is 94.9 Å². The first-order valence-electron chi connectivity index (χ1n) is 14.0. The lowest BCUT2D eigenvalue weighted by molar-refractivity contribution is -0.111. The summed E-state index contributed by atoms with van der Waals surface area (Å²) in [6.45, 7) is 1.80. The highest BCUT2D eigenvalue weighted by Gasteiger charge is 2.21.